The number of fused-ring (bicyclic) bond motifs is 9. The van der Waals surface area contributed by atoms with Gasteiger partial charge >= 0.3 is 31.1 Å². The summed E-state index contributed by atoms with van der Waals surface area (Å²) in [6.07, 6.45) is 0. The zero-order valence-corrected chi connectivity index (χ0v) is 35.7. The van der Waals surface area contributed by atoms with Crippen molar-refractivity contribution >= 4 is 82.9 Å². The van der Waals surface area contributed by atoms with E-state index in [1.165, 1.54) is 0 Å². The molecular formula is C54H31NO3U. The van der Waals surface area contributed by atoms with Gasteiger partial charge in [-0.05, 0) is 65.7 Å². The van der Waals surface area contributed by atoms with Crippen LogP contribution in [0.3, 0.4) is 0 Å². The fourth-order valence-corrected chi connectivity index (χ4v) is 8.65. The molecule has 0 fully saturated rings. The molecule has 0 amide bonds. The molecule has 0 aliphatic heterocycles. The molecule has 0 spiro atoms. The number of nitrogens with zero attached hydrogens (tertiary/aromatic N) is 1. The third kappa shape index (κ3) is 5.81. The van der Waals surface area contributed by atoms with E-state index in [-0.39, 0.29) is 31.1 Å². The fraction of sp³-hybridized carbons (Fsp3) is 0. The smallest absolute Gasteiger partial charge is 0.510 e. The van der Waals surface area contributed by atoms with Crippen molar-refractivity contribution in [1.82, 2.24) is 0 Å². The fourth-order valence-electron chi connectivity index (χ4n) is 8.65. The van der Waals surface area contributed by atoms with Crippen LogP contribution >= 0.6 is 0 Å². The summed E-state index contributed by atoms with van der Waals surface area (Å²) >= 11 is 0. The van der Waals surface area contributed by atoms with Gasteiger partial charge in [-0.25, -0.2) is 5.56 Å². The molecule has 274 valence electrons. The minimum absolute atomic E-state index is 0. The van der Waals surface area contributed by atoms with Crippen LogP contribution in [0.25, 0.3) is 99.2 Å². The van der Waals surface area contributed by atoms with E-state index in [9.17, 15) is 0 Å². The van der Waals surface area contributed by atoms with Gasteiger partial charge in [0.1, 0.15) is 27.9 Å². The van der Waals surface area contributed by atoms with Crippen molar-refractivity contribution in [1.29, 1.82) is 0 Å². The van der Waals surface area contributed by atoms with E-state index in [0.717, 1.165) is 116 Å². The first-order valence-electron chi connectivity index (χ1n) is 19.4. The SMILES string of the molecule is [U+2].[c-]1ccccc1-c1[c-]cc(-c2ccc(N(c3ccc4c(c3)oc3ccccc34)c3ccc4c(c3)oc3ccccc34)cc2-c2ccccc2)c2c1oc1ccccc12. The Bertz CT molecular complexity index is 3410. The number of hydrogen-bond acceptors (Lipinski definition) is 4. The van der Waals surface area contributed by atoms with Gasteiger partial charge in [0.2, 0.25) is 0 Å². The molecule has 0 bridgehead atoms. The monoisotopic (exact) mass is 979 g/mol. The van der Waals surface area contributed by atoms with Gasteiger partial charge in [0.25, 0.3) is 0 Å². The number of furan rings is 3. The Morgan fingerprint density at radius 3 is 1.58 bits per heavy atom. The third-order valence-electron chi connectivity index (χ3n) is 11.3. The zero-order chi connectivity index (χ0) is 38.2. The molecule has 3 aromatic heterocycles. The average molecular weight is 980 g/mol. The van der Waals surface area contributed by atoms with Crippen molar-refractivity contribution in [3.05, 3.63) is 200 Å². The van der Waals surface area contributed by atoms with E-state index in [0.29, 0.717) is 0 Å². The molecule has 0 unspecified atom stereocenters. The second kappa shape index (κ2) is 14.3. The molecule has 12 aromatic rings. The van der Waals surface area contributed by atoms with E-state index in [4.69, 9.17) is 13.3 Å². The molecule has 12 rings (SSSR count). The molecule has 4 nitrogen and oxygen atoms in total. The quantitative estimate of drug-likeness (QED) is 0.156. The van der Waals surface area contributed by atoms with E-state index >= 15 is 0 Å². The number of benzene rings is 9. The topological polar surface area (TPSA) is 42.7 Å². The molecule has 9 aromatic carbocycles. The molecule has 0 N–H and O–H groups in total. The Balaban J connectivity index is 0.00000397. The normalized spacial score (nSPS) is 11.6. The minimum Gasteiger partial charge on any atom is -0.510 e. The summed E-state index contributed by atoms with van der Waals surface area (Å²) in [5.74, 6) is 0. The van der Waals surface area contributed by atoms with Crippen LogP contribution < -0.4 is 4.90 Å². The maximum absolute atomic E-state index is 6.66. The first kappa shape index (κ1) is 35.4. The summed E-state index contributed by atoms with van der Waals surface area (Å²) in [4.78, 5) is 2.29. The van der Waals surface area contributed by atoms with Crippen molar-refractivity contribution in [3.8, 4) is 33.4 Å². The molecule has 0 radical (unpaired) electrons. The Morgan fingerprint density at radius 2 is 0.932 bits per heavy atom. The first-order chi connectivity index (χ1) is 28.7. The largest absolute Gasteiger partial charge is 2.00 e. The van der Waals surface area contributed by atoms with Gasteiger partial charge in [-0.3, -0.25) is 0 Å². The Labute approximate surface area is 363 Å². The van der Waals surface area contributed by atoms with Gasteiger partial charge in [0.05, 0.1) is 0 Å². The third-order valence-corrected chi connectivity index (χ3v) is 11.3. The summed E-state index contributed by atoms with van der Waals surface area (Å²) in [7, 11) is 0. The van der Waals surface area contributed by atoms with Gasteiger partial charge in [0.15, 0.2) is 0 Å². The summed E-state index contributed by atoms with van der Waals surface area (Å²) < 4.78 is 19.6. The summed E-state index contributed by atoms with van der Waals surface area (Å²) in [5.41, 5.74) is 14.1. The van der Waals surface area contributed by atoms with Gasteiger partial charge in [0, 0.05) is 61.7 Å². The second-order valence-corrected chi connectivity index (χ2v) is 14.6. The molecule has 0 aliphatic rings. The standard InChI is InChI=1S/C54H31NO3.U/c1-3-13-34(14-4-1)39-29-30-45(53-46-19-9-12-22-50(46)58-54(39)53)40-26-23-36(31-47(40)35-15-5-2-6-16-35)55(37-24-27-43-41-17-7-10-20-48(41)56-51(43)32-37)38-25-28-44-42-18-8-11-21-49(42)57-52(44)33-38;/h1-13,15-28,30-33H;/q-2;+2. The predicted octanol–water partition coefficient (Wildman–Crippen LogP) is 15.5. The van der Waals surface area contributed by atoms with Gasteiger partial charge in [-0.2, -0.15) is 35.9 Å². The minimum atomic E-state index is 0. The first-order valence-corrected chi connectivity index (χ1v) is 19.4. The summed E-state index contributed by atoms with van der Waals surface area (Å²) in [5, 5.41) is 6.46. The van der Waals surface area contributed by atoms with Crippen LogP contribution in [0.5, 0.6) is 0 Å². The average Bonchev–Trinajstić information content (AvgIpc) is 3.98. The Morgan fingerprint density at radius 1 is 0.390 bits per heavy atom. The van der Waals surface area contributed by atoms with E-state index in [2.05, 4.69) is 150 Å². The van der Waals surface area contributed by atoms with Crippen LogP contribution in [0.15, 0.2) is 201 Å². The van der Waals surface area contributed by atoms with Crippen LogP contribution in [0, 0.1) is 43.2 Å². The maximum Gasteiger partial charge on any atom is 2.00 e. The van der Waals surface area contributed by atoms with Crippen LogP contribution in [0.2, 0.25) is 0 Å². The molecule has 0 atom stereocenters. The van der Waals surface area contributed by atoms with Gasteiger partial charge in [-0.1, -0.05) is 108 Å². The van der Waals surface area contributed by atoms with Crippen molar-refractivity contribution in [3.63, 3.8) is 0 Å². The van der Waals surface area contributed by atoms with Crippen molar-refractivity contribution in [2.24, 2.45) is 0 Å². The van der Waals surface area contributed by atoms with Crippen molar-refractivity contribution in [2.75, 3.05) is 4.90 Å². The van der Waals surface area contributed by atoms with Gasteiger partial charge in [-0.15, -0.1) is 12.1 Å². The maximum atomic E-state index is 6.66. The van der Waals surface area contributed by atoms with Gasteiger partial charge < -0.3 is 18.2 Å². The van der Waals surface area contributed by atoms with E-state index in [1.54, 1.807) is 0 Å². The zero-order valence-electron chi connectivity index (χ0n) is 31.6. The molecular weight excluding hydrogens is 949 g/mol. The van der Waals surface area contributed by atoms with E-state index in [1.807, 2.05) is 54.6 Å². The Kier molecular flexibility index (Phi) is 8.55. The van der Waals surface area contributed by atoms with Crippen LogP contribution in [-0.2, 0) is 0 Å². The van der Waals surface area contributed by atoms with Crippen LogP contribution in [0.1, 0.15) is 0 Å². The number of anilines is 3. The van der Waals surface area contributed by atoms with Crippen molar-refractivity contribution in [2.45, 2.75) is 0 Å². The predicted molar refractivity (Wildman–Crippen MR) is 237 cm³/mol. The molecule has 3 heterocycles. The number of rotatable bonds is 6. The second-order valence-electron chi connectivity index (χ2n) is 14.6. The molecule has 0 saturated carbocycles. The molecule has 0 saturated heterocycles. The number of hydrogen-bond donors (Lipinski definition) is 0. The number of para-hydroxylation sites is 3. The van der Waals surface area contributed by atoms with Crippen molar-refractivity contribution < 1.29 is 44.4 Å². The molecule has 5 heteroatoms. The summed E-state index contributed by atoms with van der Waals surface area (Å²) in [6, 6.07) is 72.1. The summed E-state index contributed by atoms with van der Waals surface area (Å²) in [6.45, 7) is 0. The molecule has 59 heavy (non-hydrogen) atoms. The van der Waals surface area contributed by atoms with Crippen LogP contribution in [-0.4, -0.2) is 0 Å². The van der Waals surface area contributed by atoms with Crippen LogP contribution in [0.4, 0.5) is 17.1 Å². The molecule has 0 aliphatic carbocycles. The van der Waals surface area contributed by atoms with E-state index < -0.39 is 0 Å². The Hall–Kier alpha value is -6.77.